The largest absolute Gasteiger partial charge is 0.416 e. The molecule has 2 atom stereocenters. The van der Waals surface area contributed by atoms with Crippen LogP contribution in [0.1, 0.15) is 46.1 Å². The fourth-order valence-corrected chi connectivity index (χ4v) is 3.71. The molecule has 0 radical (unpaired) electrons. The molecule has 4 rings (SSSR count). The third-order valence-corrected chi connectivity index (χ3v) is 4.79. The summed E-state index contributed by atoms with van der Waals surface area (Å²) < 4.78 is 38.7. The van der Waals surface area contributed by atoms with Crippen molar-refractivity contribution in [3.63, 3.8) is 0 Å². The molecule has 1 amide bonds. The maximum atomic E-state index is 12.9. The molecular weight excluding hydrogens is 319 g/mol. The Kier molecular flexibility index (Phi) is 3.33. The topological polar surface area (TPSA) is 46.1 Å². The SMILES string of the molecule is O=C(c1cccc(C(F)(F)F)c1)N1C2CCC1c1cncnc1C2. The van der Waals surface area contributed by atoms with Gasteiger partial charge in [-0.15, -0.1) is 0 Å². The summed E-state index contributed by atoms with van der Waals surface area (Å²) in [6.07, 6.45) is 0.974. The average Bonchev–Trinajstić information content (AvgIpc) is 2.88. The van der Waals surface area contributed by atoms with E-state index in [9.17, 15) is 18.0 Å². The minimum absolute atomic E-state index is 0.0144. The number of benzene rings is 1. The van der Waals surface area contributed by atoms with E-state index in [2.05, 4.69) is 9.97 Å². The molecule has 2 aliphatic heterocycles. The molecule has 1 aromatic carbocycles. The van der Waals surface area contributed by atoms with Crippen molar-refractivity contribution in [2.75, 3.05) is 0 Å². The van der Waals surface area contributed by atoms with Crippen molar-refractivity contribution in [2.24, 2.45) is 0 Å². The maximum Gasteiger partial charge on any atom is 0.416 e. The fourth-order valence-electron chi connectivity index (χ4n) is 3.71. The Labute approximate surface area is 136 Å². The van der Waals surface area contributed by atoms with E-state index in [4.69, 9.17) is 0 Å². The van der Waals surface area contributed by atoms with Gasteiger partial charge in [-0.05, 0) is 31.0 Å². The highest BCUT2D eigenvalue weighted by Gasteiger charge is 2.43. The zero-order chi connectivity index (χ0) is 16.9. The molecule has 2 aromatic rings. The van der Waals surface area contributed by atoms with Gasteiger partial charge < -0.3 is 4.90 Å². The molecule has 2 aliphatic rings. The number of halogens is 3. The lowest BCUT2D eigenvalue weighted by Gasteiger charge is -2.35. The van der Waals surface area contributed by atoms with Crippen molar-refractivity contribution in [1.82, 2.24) is 14.9 Å². The second kappa shape index (κ2) is 5.29. The first kappa shape index (κ1) is 15.1. The zero-order valence-corrected chi connectivity index (χ0v) is 12.6. The Morgan fingerprint density at radius 1 is 1.25 bits per heavy atom. The summed E-state index contributed by atoms with van der Waals surface area (Å²) in [7, 11) is 0. The summed E-state index contributed by atoms with van der Waals surface area (Å²) in [6, 6.07) is 4.46. The van der Waals surface area contributed by atoms with Crippen molar-refractivity contribution in [3.05, 3.63) is 59.2 Å². The average molecular weight is 333 g/mol. The van der Waals surface area contributed by atoms with Gasteiger partial charge in [0.25, 0.3) is 5.91 Å². The molecule has 7 heteroatoms. The van der Waals surface area contributed by atoms with E-state index < -0.39 is 11.7 Å². The Balaban J connectivity index is 1.69. The summed E-state index contributed by atoms with van der Waals surface area (Å²) in [4.78, 5) is 22.9. The first-order valence-corrected chi connectivity index (χ1v) is 7.74. The number of hydrogen-bond acceptors (Lipinski definition) is 3. The van der Waals surface area contributed by atoms with Gasteiger partial charge in [0.1, 0.15) is 6.33 Å². The molecule has 24 heavy (non-hydrogen) atoms. The van der Waals surface area contributed by atoms with E-state index in [1.54, 1.807) is 11.1 Å². The Morgan fingerprint density at radius 2 is 2.08 bits per heavy atom. The highest BCUT2D eigenvalue weighted by atomic mass is 19.4. The highest BCUT2D eigenvalue weighted by Crippen LogP contribution is 2.43. The number of alkyl halides is 3. The predicted octanol–water partition coefficient (Wildman–Crippen LogP) is 3.40. The molecule has 3 heterocycles. The normalized spacial score (nSPS) is 22.4. The van der Waals surface area contributed by atoms with Gasteiger partial charge >= 0.3 is 6.18 Å². The van der Waals surface area contributed by atoms with Crippen LogP contribution in [0.2, 0.25) is 0 Å². The van der Waals surface area contributed by atoms with Gasteiger partial charge in [0.05, 0.1) is 17.3 Å². The number of fused-ring (bicyclic) bond motifs is 4. The number of hydrogen-bond donors (Lipinski definition) is 0. The monoisotopic (exact) mass is 333 g/mol. The van der Waals surface area contributed by atoms with Gasteiger partial charge in [-0.25, -0.2) is 9.97 Å². The molecule has 0 aliphatic carbocycles. The lowest BCUT2D eigenvalue weighted by molar-refractivity contribution is -0.137. The van der Waals surface area contributed by atoms with Crippen LogP contribution in [0.3, 0.4) is 0 Å². The molecular formula is C17H14F3N3O. The number of nitrogens with zero attached hydrogens (tertiary/aromatic N) is 3. The van der Waals surface area contributed by atoms with Gasteiger partial charge in [-0.1, -0.05) is 6.07 Å². The van der Waals surface area contributed by atoms with Gasteiger partial charge in [0, 0.05) is 29.8 Å². The lowest BCUT2D eigenvalue weighted by Crippen LogP contribution is -2.42. The quantitative estimate of drug-likeness (QED) is 0.803. The van der Waals surface area contributed by atoms with Gasteiger partial charge in [0.2, 0.25) is 0 Å². The molecule has 4 nitrogen and oxygen atoms in total. The molecule has 2 unspecified atom stereocenters. The number of amides is 1. The summed E-state index contributed by atoms with van der Waals surface area (Å²) in [5.74, 6) is -0.358. The Hall–Kier alpha value is -2.44. The van der Waals surface area contributed by atoms with E-state index in [1.807, 2.05) is 0 Å². The van der Waals surface area contributed by atoms with Crippen molar-refractivity contribution in [2.45, 2.75) is 37.5 Å². The van der Waals surface area contributed by atoms with Crippen molar-refractivity contribution < 1.29 is 18.0 Å². The van der Waals surface area contributed by atoms with Crippen LogP contribution in [-0.4, -0.2) is 26.8 Å². The molecule has 1 saturated heterocycles. The number of aromatic nitrogens is 2. The number of carbonyl (C=O) groups is 1. The smallest absolute Gasteiger partial charge is 0.328 e. The van der Waals surface area contributed by atoms with Crippen molar-refractivity contribution in [1.29, 1.82) is 0 Å². The summed E-state index contributed by atoms with van der Waals surface area (Å²) in [5, 5.41) is 0. The third kappa shape index (κ3) is 2.35. The first-order valence-electron chi connectivity index (χ1n) is 7.74. The van der Waals surface area contributed by atoms with E-state index in [1.165, 1.54) is 18.5 Å². The van der Waals surface area contributed by atoms with Crippen LogP contribution in [0.15, 0.2) is 36.8 Å². The summed E-state index contributed by atoms with van der Waals surface area (Å²) in [5.41, 5.74) is 1.11. The molecule has 1 fully saturated rings. The molecule has 0 saturated carbocycles. The maximum absolute atomic E-state index is 12.9. The van der Waals surface area contributed by atoms with Gasteiger partial charge in [-0.2, -0.15) is 13.2 Å². The van der Waals surface area contributed by atoms with Crippen LogP contribution in [0.25, 0.3) is 0 Å². The number of rotatable bonds is 1. The fraction of sp³-hybridized carbons (Fsp3) is 0.353. The first-order chi connectivity index (χ1) is 11.4. The molecule has 0 N–H and O–H groups in total. The second-order valence-electron chi connectivity index (χ2n) is 6.17. The molecule has 124 valence electrons. The van der Waals surface area contributed by atoms with Crippen LogP contribution >= 0.6 is 0 Å². The minimum atomic E-state index is -4.46. The standard InChI is InChI=1S/C17H14F3N3O/c18-17(19,20)11-3-1-2-10(6-11)16(24)23-12-4-5-15(23)13-8-21-9-22-14(13)7-12/h1-3,6,8-9,12,15H,4-5,7H2. The lowest BCUT2D eigenvalue weighted by atomic mass is 9.98. The van der Waals surface area contributed by atoms with Crippen LogP contribution in [0, 0.1) is 0 Å². The second-order valence-corrected chi connectivity index (χ2v) is 6.17. The predicted molar refractivity (Wildman–Crippen MR) is 79.1 cm³/mol. The van der Waals surface area contributed by atoms with Crippen LogP contribution in [0.5, 0.6) is 0 Å². The molecule has 1 aromatic heterocycles. The van der Waals surface area contributed by atoms with E-state index in [-0.39, 0.29) is 23.6 Å². The zero-order valence-electron chi connectivity index (χ0n) is 12.6. The van der Waals surface area contributed by atoms with E-state index in [0.29, 0.717) is 6.42 Å². The minimum Gasteiger partial charge on any atom is -0.328 e. The third-order valence-electron chi connectivity index (χ3n) is 4.79. The van der Waals surface area contributed by atoms with Crippen molar-refractivity contribution in [3.8, 4) is 0 Å². The summed E-state index contributed by atoms with van der Waals surface area (Å²) >= 11 is 0. The highest BCUT2D eigenvalue weighted by molar-refractivity contribution is 5.95. The molecule has 0 spiro atoms. The van der Waals surface area contributed by atoms with Gasteiger partial charge in [0.15, 0.2) is 0 Å². The molecule has 2 bridgehead atoms. The van der Waals surface area contributed by atoms with Crippen LogP contribution in [-0.2, 0) is 12.6 Å². The van der Waals surface area contributed by atoms with Gasteiger partial charge in [-0.3, -0.25) is 4.79 Å². The van der Waals surface area contributed by atoms with Crippen LogP contribution < -0.4 is 0 Å². The Morgan fingerprint density at radius 3 is 2.88 bits per heavy atom. The van der Waals surface area contributed by atoms with Crippen molar-refractivity contribution >= 4 is 5.91 Å². The number of carbonyl (C=O) groups excluding carboxylic acids is 1. The van der Waals surface area contributed by atoms with E-state index in [0.717, 1.165) is 36.2 Å². The van der Waals surface area contributed by atoms with E-state index >= 15 is 0 Å². The Bertz CT molecular complexity index is 806. The van der Waals surface area contributed by atoms with Crippen LogP contribution in [0.4, 0.5) is 13.2 Å². The summed E-state index contributed by atoms with van der Waals surface area (Å²) in [6.45, 7) is 0.